The third kappa shape index (κ3) is 3.26. The molecule has 1 aromatic rings. The van der Waals surface area contributed by atoms with E-state index in [1.807, 2.05) is 6.92 Å². The Labute approximate surface area is 112 Å². The highest BCUT2D eigenvalue weighted by Gasteiger charge is 2.38. The molecule has 0 saturated carbocycles. The Hall–Kier alpha value is -1.11. The molecule has 0 aromatic heterocycles. The lowest BCUT2D eigenvalue weighted by atomic mass is 10.1. The number of aliphatic hydroxyl groups excluding tert-OH is 2. The van der Waals surface area contributed by atoms with Crippen LogP contribution in [-0.2, 0) is 9.84 Å². The van der Waals surface area contributed by atoms with E-state index in [0.29, 0.717) is 17.7 Å². The van der Waals surface area contributed by atoms with Crippen molar-refractivity contribution in [2.24, 2.45) is 0 Å². The molecule has 1 aliphatic rings. The Morgan fingerprint density at radius 1 is 1.37 bits per heavy atom. The average molecular weight is 286 g/mol. The van der Waals surface area contributed by atoms with Crippen molar-refractivity contribution < 1.29 is 23.4 Å². The number of para-hydroxylation sites is 1. The van der Waals surface area contributed by atoms with Crippen molar-refractivity contribution in [3.63, 3.8) is 0 Å². The first kappa shape index (κ1) is 14.3. The van der Waals surface area contributed by atoms with E-state index in [-0.39, 0.29) is 11.5 Å². The molecular weight excluding hydrogens is 268 g/mol. The van der Waals surface area contributed by atoms with Crippen LogP contribution in [0, 0.1) is 0 Å². The van der Waals surface area contributed by atoms with E-state index in [0.717, 1.165) is 0 Å². The second kappa shape index (κ2) is 5.48. The van der Waals surface area contributed by atoms with Gasteiger partial charge in [0.2, 0.25) is 0 Å². The summed E-state index contributed by atoms with van der Waals surface area (Å²) in [6.07, 6.45) is -1.91. The van der Waals surface area contributed by atoms with E-state index in [2.05, 4.69) is 0 Å². The van der Waals surface area contributed by atoms with Crippen LogP contribution in [0.5, 0.6) is 5.75 Å². The van der Waals surface area contributed by atoms with E-state index >= 15 is 0 Å². The number of aliphatic hydroxyl groups is 2. The molecule has 0 spiro atoms. The minimum Gasteiger partial charge on any atom is -0.486 e. The van der Waals surface area contributed by atoms with Gasteiger partial charge < -0.3 is 14.9 Å². The molecule has 2 rings (SSSR count). The SMILES string of the molecule is CC[C@@H](O)c1ccccc1OC1CS(=O)(=O)CC1O. The smallest absolute Gasteiger partial charge is 0.156 e. The molecule has 0 amide bonds. The van der Waals surface area contributed by atoms with Crippen molar-refractivity contribution >= 4 is 9.84 Å². The Balaban J connectivity index is 2.20. The van der Waals surface area contributed by atoms with Gasteiger partial charge in [0.05, 0.1) is 17.6 Å². The van der Waals surface area contributed by atoms with Gasteiger partial charge >= 0.3 is 0 Å². The predicted molar refractivity (Wildman–Crippen MR) is 70.8 cm³/mol. The monoisotopic (exact) mass is 286 g/mol. The normalized spacial score (nSPS) is 27.1. The molecule has 0 aliphatic carbocycles. The topological polar surface area (TPSA) is 83.8 Å². The van der Waals surface area contributed by atoms with Crippen molar-refractivity contribution in [1.29, 1.82) is 0 Å². The lowest BCUT2D eigenvalue weighted by Gasteiger charge is -2.20. The van der Waals surface area contributed by atoms with Gasteiger partial charge in [-0.05, 0) is 12.5 Å². The van der Waals surface area contributed by atoms with E-state index in [1.54, 1.807) is 24.3 Å². The molecule has 0 bridgehead atoms. The molecule has 1 heterocycles. The van der Waals surface area contributed by atoms with Gasteiger partial charge in [0.15, 0.2) is 9.84 Å². The molecule has 5 nitrogen and oxygen atoms in total. The first-order valence-corrected chi connectivity index (χ1v) is 8.07. The third-order valence-electron chi connectivity index (χ3n) is 3.22. The van der Waals surface area contributed by atoms with Gasteiger partial charge in [-0.1, -0.05) is 25.1 Å². The summed E-state index contributed by atoms with van der Waals surface area (Å²) >= 11 is 0. The predicted octanol–water partition coefficient (Wildman–Crippen LogP) is 0.667. The highest BCUT2D eigenvalue weighted by molar-refractivity contribution is 7.91. The molecule has 1 aromatic carbocycles. The molecule has 2 N–H and O–H groups in total. The van der Waals surface area contributed by atoms with Gasteiger partial charge in [0.25, 0.3) is 0 Å². The number of hydrogen-bond donors (Lipinski definition) is 2. The van der Waals surface area contributed by atoms with Crippen molar-refractivity contribution in [2.75, 3.05) is 11.5 Å². The second-order valence-corrected chi connectivity index (χ2v) is 6.92. The fourth-order valence-electron chi connectivity index (χ4n) is 2.16. The molecule has 106 valence electrons. The highest BCUT2D eigenvalue weighted by Crippen LogP contribution is 2.29. The fourth-order valence-corrected chi connectivity index (χ4v) is 3.82. The third-order valence-corrected chi connectivity index (χ3v) is 4.90. The molecule has 1 fully saturated rings. The maximum Gasteiger partial charge on any atom is 0.156 e. The average Bonchev–Trinajstić information content (AvgIpc) is 2.62. The zero-order chi connectivity index (χ0) is 14.0. The molecular formula is C13H18O5S. The Morgan fingerprint density at radius 3 is 2.63 bits per heavy atom. The van der Waals surface area contributed by atoms with Crippen LogP contribution < -0.4 is 4.74 Å². The van der Waals surface area contributed by atoms with Gasteiger partial charge in [-0.15, -0.1) is 0 Å². The van der Waals surface area contributed by atoms with Crippen molar-refractivity contribution in [1.82, 2.24) is 0 Å². The van der Waals surface area contributed by atoms with E-state index in [1.165, 1.54) is 0 Å². The molecule has 0 radical (unpaired) electrons. The maximum atomic E-state index is 11.4. The van der Waals surface area contributed by atoms with Crippen LogP contribution in [0.25, 0.3) is 0 Å². The summed E-state index contributed by atoms with van der Waals surface area (Å²) in [6.45, 7) is 1.84. The van der Waals surface area contributed by atoms with Gasteiger partial charge in [-0.25, -0.2) is 8.42 Å². The number of sulfone groups is 1. The van der Waals surface area contributed by atoms with E-state index < -0.39 is 28.1 Å². The zero-order valence-electron chi connectivity index (χ0n) is 10.7. The molecule has 6 heteroatoms. The number of benzene rings is 1. The summed E-state index contributed by atoms with van der Waals surface area (Å²) in [5.74, 6) is -0.0288. The van der Waals surface area contributed by atoms with Crippen LogP contribution in [0.4, 0.5) is 0 Å². The number of rotatable bonds is 4. The Kier molecular flexibility index (Phi) is 4.13. The van der Waals surface area contributed by atoms with Crippen molar-refractivity contribution in [3.05, 3.63) is 29.8 Å². The largest absolute Gasteiger partial charge is 0.486 e. The fraction of sp³-hybridized carbons (Fsp3) is 0.538. The summed E-state index contributed by atoms with van der Waals surface area (Å²) < 4.78 is 28.4. The number of ether oxygens (including phenoxy) is 1. The van der Waals surface area contributed by atoms with Crippen LogP contribution in [0.15, 0.2) is 24.3 Å². The minimum atomic E-state index is -3.24. The lowest BCUT2D eigenvalue weighted by Crippen LogP contribution is -2.30. The summed E-state index contributed by atoms with van der Waals surface area (Å²) in [6, 6.07) is 6.94. The first-order valence-electron chi connectivity index (χ1n) is 6.25. The number of hydrogen-bond acceptors (Lipinski definition) is 5. The quantitative estimate of drug-likeness (QED) is 0.850. The lowest BCUT2D eigenvalue weighted by molar-refractivity contribution is 0.0700. The van der Waals surface area contributed by atoms with E-state index in [9.17, 15) is 18.6 Å². The van der Waals surface area contributed by atoms with Crippen LogP contribution in [0.3, 0.4) is 0 Å². The molecule has 19 heavy (non-hydrogen) atoms. The summed E-state index contributed by atoms with van der Waals surface area (Å²) in [4.78, 5) is 0. The van der Waals surface area contributed by atoms with Gasteiger partial charge in [-0.2, -0.15) is 0 Å². The summed E-state index contributed by atoms with van der Waals surface area (Å²) in [7, 11) is -3.24. The van der Waals surface area contributed by atoms with Crippen LogP contribution in [0.2, 0.25) is 0 Å². The van der Waals surface area contributed by atoms with Crippen molar-refractivity contribution in [3.8, 4) is 5.75 Å². The summed E-state index contributed by atoms with van der Waals surface area (Å²) in [5.41, 5.74) is 0.612. The standard InChI is InChI=1S/C13H18O5S/c1-2-10(14)9-5-3-4-6-12(9)18-13-8-19(16,17)7-11(13)15/h3-6,10-11,13-15H,2,7-8H2,1H3/t10-,11?,13?/m1/s1. The Morgan fingerprint density at radius 2 is 2.05 bits per heavy atom. The minimum absolute atomic E-state index is 0.190. The van der Waals surface area contributed by atoms with Crippen LogP contribution >= 0.6 is 0 Å². The molecule has 2 unspecified atom stereocenters. The van der Waals surface area contributed by atoms with Gasteiger partial charge in [-0.3, -0.25) is 0 Å². The summed E-state index contributed by atoms with van der Waals surface area (Å²) in [5, 5.41) is 19.6. The van der Waals surface area contributed by atoms with Crippen LogP contribution in [-0.4, -0.2) is 42.3 Å². The zero-order valence-corrected chi connectivity index (χ0v) is 11.5. The molecule has 1 saturated heterocycles. The van der Waals surface area contributed by atoms with Crippen molar-refractivity contribution in [2.45, 2.75) is 31.7 Å². The second-order valence-electron chi connectivity index (χ2n) is 4.76. The highest BCUT2D eigenvalue weighted by atomic mass is 32.2. The first-order chi connectivity index (χ1) is 8.93. The van der Waals surface area contributed by atoms with Crippen LogP contribution in [0.1, 0.15) is 25.0 Å². The molecule has 3 atom stereocenters. The van der Waals surface area contributed by atoms with Gasteiger partial charge in [0.1, 0.15) is 18.0 Å². The molecule has 1 aliphatic heterocycles. The van der Waals surface area contributed by atoms with E-state index in [4.69, 9.17) is 4.74 Å². The maximum absolute atomic E-state index is 11.4. The Bertz CT molecular complexity index is 540. The van der Waals surface area contributed by atoms with Gasteiger partial charge in [0, 0.05) is 5.56 Å².